The van der Waals surface area contributed by atoms with Gasteiger partial charge < -0.3 is 21.3 Å². The molecule has 0 aromatic heterocycles. The van der Waals surface area contributed by atoms with Crippen molar-refractivity contribution in [1.82, 2.24) is 10.6 Å². The summed E-state index contributed by atoms with van der Waals surface area (Å²) in [5.41, 5.74) is 0.462. The second-order valence-corrected chi connectivity index (χ2v) is 9.68. The minimum absolute atomic E-state index is 0.0511. The van der Waals surface area contributed by atoms with E-state index in [2.05, 4.69) is 42.0 Å². The van der Waals surface area contributed by atoms with E-state index in [1.165, 1.54) is 36.4 Å². The van der Waals surface area contributed by atoms with Gasteiger partial charge >= 0.3 is 12.1 Å². The molecule has 4 amide bonds. The Balaban J connectivity index is 1.57. The van der Waals surface area contributed by atoms with E-state index in [4.69, 9.17) is 0 Å². The third-order valence-electron chi connectivity index (χ3n) is 5.62. The summed E-state index contributed by atoms with van der Waals surface area (Å²) in [5.74, 6) is -0.842. The summed E-state index contributed by atoms with van der Waals surface area (Å²) in [5, 5.41) is 11.2. The van der Waals surface area contributed by atoms with Crippen LogP contribution in [0.3, 0.4) is 0 Å². The van der Waals surface area contributed by atoms with Crippen LogP contribution in [0.2, 0.25) is 0 Å². The molecule has 1 saturated carbocycles. The van der Waals surface area contributed by atoms with Crippen molar-refractivity contribution in [3.8, 4) is 0 Å². The molecular formula is C24H30F2N4O2. The second-order valence-electron chi connectivity index (χ2n) is 9.68. The van der Waals surface area contributed by atoms with Gasteiger partial charge in [-0.15, -0.1) is 0 Å². The maximum absolute atomic E-state index is 13.4. The minimum atomic E-state index is -0.422. The van der Waals surface area contributed by atoms with Gasteiger partial charge in [-0.05, 0) is 66.5 Å². The van der Waals surface area contributed by atoms with Crippen molar-refractivity contribution in [1.29, 1.82) is 0 Å². The summed E-state index contributed by atoms with van der Waals surface area (Å²) in [4.78, 5) is 24.8. The van der Waals surface area contributed by atoms with Crippen LogP contribution < -0.4 is 21.3 Å². The third-order valence-corrected chi connectivity index (χ3v) is 5.62. The number of rotatable bonds is 5. The quantitative estimate of drug-likeness (QED) is 0.492. The molecule has 1 fully saturated rings. The molecule has 2 aromatic rings. The summed E-state index contributed by atoms with van der Waals surface area (Å²) >= 11 is 0. The topological polar surface area (TPSA) is 82.3 Å². The van der Waals surface area contributed by atoms with Gasteiger partial charge in [0, 0.05) is 24.0 Å². The molecule has 4 N–H and O–H groups in total. The van der Waals surface area contributed by atoms with Crippen LogP contribution in [0.4, 0.5) is 29.7 Å². The van der Waals surface area contributed by atoms with Crippen molar-refractivity contribution in [2.75, 3.05) is 17.2 Å². The van der Waals surface area contributed by atoms with Crippen LogP contribution in [0.15, 0.2) is 48.5 Å². The van der Waals surface area contributed by atoms with E-state index in [0.29, 0.717) is 24.3 Å². The normalized spacial score (nSPS) is 22.0. The lowest BCUT2D eigenvalue weighted by atomic mass is 9.62. The molecule has 0 heterocycles. The summed E-state index contributed by atoms with van der Waals surface area (Å²) in [7, 11) is 0. The number of hydrogen-bond acceptors (Lipinski definition) is 2. The van der Waals surface area contributed by atoms with Crippen LogP contribution in [0.25, 0.3) is 0 Å². The Bertz CT molecular complexity index is 982. The zero-order chi connectivity index (χ0) is 23.4. The smallest absolute Gasteiger partial charge is 0.319 e. The van der Waals surface area contributed by atoms with Gasteiger partial charge in [-0.25, -0.2) is 18.4 Å². The molecule has 8 heteroatoms. The number of urea groups is 2. The van der Waals surface area contributed by atoms with Crippen molar-refractivity contribution >= 4 is 23.4 Å². The number of carbonyl (C=O) groups excluding carboxylic acids is 2. The summed E-state index contributed by atoms with van der Waals surface area (Å²) < 4.78 is 26.7. The first-order chi connectivity index (χ1) is 15.0. The van der Waals surface area contributed by atoms with Gasteiger partial charge in [0.1, 0.15) is 11.6 Å². The Labute approximate surface area is 187 Å². The molecule has 1 aliphatic rings. The van der Waals surface area contributed by atoms with E-state index in [1.807, 2.05) is 0 Å². The highest BCUT2D eigenvalue weighted by molar-refractivity contribution is 5.90. The molecule has 0 spiro atoms. The van der Waals surface area contributed by atoms with Crippen LogP contribution in [0, 0.1) is 22.5 Å². The fraction of sp³-hybridized carbons (Fsp3) is 0.417. The van der Waals surface area contributed by atoms with Crippen LogP contribution in [-0.2, 0) is 0 Å². The minimum Gasteiger partial charge on any atom is -0.337 e. The van der Waals surface area contributed by atoms with Crippen LogP contribution in [-0.4, -0.2) is 24.6 Å². The maximum Gasteiger partial charge on any atom is 0.319 e. The average Bonchev–Trinajstić information content (AvgIpc) is 2.65. The Hall–Kier alpha value is -3.16. The molecule has 2 atom stereocenters. The van der Waals surface area contributed by atoms with Gasteiger partial charge in [-0.2, -0.15) is 0 Å². The molecule has 6 nitrogen and oxygen atoms in total. The van der Waals surface area contributed by atoms with Gasteiger partial charge in [-0.3, -0.25) is 0 Å². The third kappa shape index (κ3) is 6.93. The molecule has 32 heavy (non-hydrogen) atoms. The largest absolute Gasteiger partial charge is 0.337 e. The summed E-state index contributed by atoms with van der Waals surface area (Å²) in [6.07, 6.45) is 2.33. The van der Waals surface area contributed by atoms with Crippen molar-refractivity contribution in [3.05, 3.63) is 60.2 Å². The lowest BCUT2D eigenvalue weighted by Crippen LogP contribution is -2.51. The summed E-state index contributed by atoms with van der Waals surface area (Å²) in [6.45, 7) is 6.75. The van der Waals surface area contributed by atoms with Gasteiger partial charge in [-0.1, -0.05) is 32.9 Å². The monoisotopic (exact) mass is 444 g/mol. The highest BCUT2D eigenvalue weighted by atomic mass is 19.1. The van der Waals surface area contributed by atoms with Gasteiger partial charge in [0.2, 0.25) is 0 Å². The zero-order valence-electron chi connectivity index (χ0n) is 18.6. The molecule has 1 aliphatic carbocycles. The number of anilines is 2. The molecule has 0 unspecified atom stereocenters. The Morgan fingerprint density at radius 3 is 2.03 bits per heavy atom. The fourth-order valence-corrected chi connectivity index (χ4v) is 4.82. The predicted molar refractivity (Wildman–Crippen MR) is 122 cm³/mol. The molecule has 2 aromatic carbocycles. The lowest BCUT2D eigenvalue weighted by Gasteiger charge is -2.46. The predicted octanol–water partition coefficient (Wildman–Crippen LogP) is 5.49. The first-order valence-corrected chi connectivity index (χ1v) is 10.7. The molecule has 0 aliphatic heterocycles. The van der Waals surface area contributed by atoms with E-state index in [0.717, 1.165) is 12.8 Å². The fourth-order valence-electron chi connectivity index (χ4n) is 4.82. The molecule has 0 radical (unpaired) electrons. The van der Waals surface area contributed by atoms with E-state index < -0.39 is 23.7 Å². The standard InChI is InChI=1S/C24H30F2N4O2/c1-23(2)12-20(30-22(32)29-19-9-5-7-17(26)11-19)13-24(3,14-23)15-27-21(31)28-18-8-4-6-16(25)10-18/h4-11,20H,12-15H2,1-3H3,(H2,27,28,31)(H2,29,30,32)/t20-,24-/m0/s1. The van der Waals surface area contributed by atoms with Gasteiger partial charge in [0.25, 0.3) is 0 Å². The summed E-state index contributed by atoms with van der Waals surface area (Å²) in [6, 6.07) is 10.5. The van der Waals surface area contributed by atoms with Crippen molar-refractivity contribution in [2.45, 2.75) is 46.1 Å². The molecule has 3 rings (SSSR count). The Kier molecular flexibility index (Phi) is 7.01. The number of halogens is 2. The molecular weight excluding hydrogens is 414 g/mol. The van der Waals surface area contributed by atoms with E-state index in [9.17, 15) is 18.4 Å². The second kappa shape index (κ2) is 9.54. The van der Waals surface area contributed by atoms with Crippen molar-refractivity contribution in [3.63, 3.8) is 0 Å². The Morgan fingerprint density at radius 2 is 1.47 bits per heavy atom. The van der Waals surface area contributed by atoms with Crippen molar-refractivity contribution < 1.29 is 18.4 Å². The van der Waals surface area contributed by atoms with Crippen LogP contribution in [0.1, 0.15) is 40.0 Å². The highest BCUT2D eigenvalue weighted by Crippen LogP contribution is 2.45. The number of nitrogens with one attached hydrogen (secondary N) is 4. The molecule has 172 valence electrons. The number of amides is 4. The van der Waals surface area contributed by atoms with Crippen molar-refractivity contribution in [2.24, 2.45) is 10.8 Å². The zero-order valence-corrected chi connectivity index (χ0v) is 18.6. The van der Waals surface area contributed by atoms with E-state index >= 15 is 0 Å². The Morgan fingerprint density at radius 1 is 0.906 bits per heavy atom. The van der Waals surface area contributed by atoms with Crippen LogP contribution >= 0.6 is 0 Å². The molecule has 0 saturated heterocycles. The highest BCUT2D eigenvalue weighted by Gasteiger charge is 2.41. The average molecular weight is 445 g/mol. The number of carbonyl (C=O) groups is 2. The first kappa shape index (κ1) is 23.5. The first-order valence-electron chi connectivity index (χ1n) is 10.7. The lowest BCUT2D eigenvalue weighted by molar-refractivity contribution is 0.0761. The SMILES string of the molecule is CC1(C)C[C@H](NC(=O)Nc2cccc(F)c2)C[C@](C)(CNC(=O)Nc2cccc(F)c2)C1. The van der Waals surface area contributed by atoms with Gasteiger partial charge in [0.05, 0.1) is 0 Å². The van der Waals surface area contributed by atoms with Gasteiger partial charge in [0.15, 0.2) is 0 Å². The maximum atomic E-state index is 13.4. The van der Waals surface area contributed by atoms with Crippen LogP contribution in [0.5, 0.6) is 0 Å². The van der Waals surface area contributed by atoms with E-state index in [-0.39, 0.29) is 16.9 Å². The van der Waals surface area contributed by atoms with E-state index in [1.54, 1.807) is 12.1 Å². The molecule has 0 bridgehead atoms. The number of benzene rings is 2. The number of hydrogen-bond donors (Lipinski definition) is 4.